The zero-order valence-corrected chi connectivity index (χ0v) is 50.6. The Balaban J connectivity index is 0.977. The van der Waals surface area contributed by atoms with Crippen molar-refractivity contribution < 1.29 is 8.83 Å². The first-order chi connectivity index (χ1) is 41.5. The molecular weight excluding hydrogens is 1070 g/mol. The number of hydrogen-bond donors (Lipinski definition) is 0. The third kappa shape index (κ3) is 7.64. The normalized spacial score (nSPS) is 13.2. The fraction of sp³-hybridized carbons (Fsp3) is 0.0886. The fourth-order valence-electron chi connectivity index (χ4n) is 15.4. The van der Waals surface area contributed by atoms with Crippen LogP contribution in [0.2, 0.25) is 39.3 Å². The van der Waals surface area contributed by atoms with E-state index in [-0.39, 0.29) is 4.66 Å². The van der Waals surface area contributed by atoms with Crippen LogP contribution in [0, 0.1) is 0 Å². The van der Waals surface area contributed by atoms with Crippen LogP contribution in [-0.4, -0.2) is 16.1 Å². The molecule has 0 bridgehead atoms. The van der Waals surface area contributed by atoms with Crippen molar-refractivity contribution in [1.82, 2.24) is 0 Å². The minimum Gasteiger partial charge on any atom is -0.454 e. The van der Waals surface area contributed by atoms with Crippen LogP contribution in [0.5, 0.6) is 0 Å². The molecule has 0 atom stereocenters. The highest BCUT2D eigenvalue weighted by Crippen LogP contribution is 2.65. The highest BCUT2D eigenvalue weighted by Gasteiger charge is 2.60. The Morgan fingerprint density at radius 3 is 1.22 bits per heavy atom. The number of para-hydroxylation sites is 4. The van der Waals surface area contributed by atoms with Crippen LogP contribution in [-0.2, 0) is 4.66 Å². The van der Waals surface area contributed by atoms with Gasteiger partial charge >= 0.3 is 0 Å². The Morgan fingerprint density at radius 2 is 0.694 bits per heavy atom. The first-order valence-corrected chi connectivity index (χ1v) is 36.7. The van der Waals surface area contributed by atoms with E-state index in [0.29, 0.717) is 0 Å². The van der Waals surface area contributed by atoms with Crippen LogP contribution < -0.4 is 9.80 Å². The maximum Gasteiger partial charge on any atom is 0.159 e. The molecule has 4 nitrogen and oxygen atoms in total. The van der Waals surface area contributed by atoms with Gasteiger partial charge in [-0.1, -0.05) is 239 Å². The maximum absolute atomic E-state index is 7.01. The minimum atomic E-state index is -2.35. The van der Waals surface area contributed by atoms with E-state index in [1.54, 1.807) is 0 Å². The Morgan fingerprint density at radius 1 is 0.282 bits per heavy atom. The fourth-order valence-corrected chi connectivity index (χ4v) is 28.4. The maximum atomic E-state index is 7.01. The number of hydrogen-bond acceptors (Lipinski definition) is 4. The van der Waals surface area contributed by atoms with Gasteiger partial charge in [-0.15, -0.1) is 0 Å². The summed E-state index contributed by atoms with van der Waals surface area (Å²) in [5, 5.41) is 12.0. The number of anilines is 6. The number of benzene rings is 13. The largest absolute Gasteiger partial charge is 0.454 e. The summed E-state index contributed by atoms with van der Waals surface area (Å²) in [6.45, 7) is 15.9. The molecule has 0 fully saturated rings. The molecule has 0 saturated heterocycles. The highest BCUT2D eigenvalue weighted by molar-refractivity contribution is 7.00. The molecule has 0 radical (unpaired) electrons. The summed E-state index contributed by atoms with van der Waals surface area (Å²) < 4.78 is 13.6. The van der Waals surface area contributed by atoms with Crippen molar-refractivity contribution in [3.05, 3.63) is 278 Å². The van der Waals surface area contributed by atoms with E-state index in [4.69, 9.17) is 8.83 Å². The lowest BCUT2D eigenvalue weighted by molar-refractivity contribution is 0.668. The van der Waals surface area contributed by atoms with Gasteiger partial charge in [0.05, 0.1) is 33.2 Å². The Bertz CT molecular complexity index is 5130. The van der Waals surface area contributed by atoms with Gasteiger partial charge < -0.3 is 18.6 Å². The lowest BCUT2D eigenvalue weighted by atomic mass is 9.89. The molecule has 0 amide bonds. The lowest BCUT2D eigenvalue weighted by Gasteiger charge is -2.52. The Kier molecular flexibility index (Phi) is 11.5. The molecule has 0 aliphatic heterocycles. The van der Waals surface area contributed by atoms with E-state index < -0.39 is 16.1 Å². The van der Waals surface area contributed by atoms with Crippen molar-refractivity contribution in [1.29, 1.82) is 0 Å². The average molecular weight is 1130 g/mol. The van der Waals surface area contributed by atoms with Crippen LogP contribution in [0.25, 0.3) is 110 Å². The predicted molar refractivity (Wildman–Crippen MR) is 367 cm³/mol. The van der Waals surface area contributed by atoms with Gasteiger partial charge in [-0.3, -0.25) is 0 Å². The second-order valence-corrected chi connectivity index (χ2v) is 36.1. The first kappa shape index (κ1) is 51.0. The highest BCUT2D eigenvalue weighted by atomic mass is 28.4. The minimum absolute atomic E-state index is 0.270. The van der Waals surface area contributed by atoms with Crippen molar-refractivity contribution >= 4 is 126 Å². The molecule has 408 valence electrons. The summed E-state index contributed by atoms with van der Waals surface area (Å²) in [7, 11) is -4.70. The van der Waals surface area contributed by atoms with E-state index in [0.717, 1.165) is 78.0 Å². The molecule has 13 aromatic carbocycles. The van der Waals surface area contributed by atoms with Crippen molar-refractivity contribution in [3.8, 4) is 33.4 Å². The van der Waals surface area contributed by atoms with Gasteiger partial charge in [-0.2, -0.15) is 0 Å². The topological polar surface area (TPSA) is 32.8 Å². The van der Waals surface area contributed by atoms with Gasteiger partial charge in [-0.25, -0.2) is 0 Å². The summed E-state index contributed by atoms with van der Waals surface area (Å²) in [5.41, 5.74) is 20.3. The van der Waals surface area contributed by atoms with E-state index in [1.165, 1.54) is 76.8 Å². The van der Waals surface area contributed by atoms with Crippen molar-refractivity contribution in [3.63, 3.8) is 0 Å². The quantitative estimate of drug-likeness (QED) is 0.101. The molecule has 2 heterocycles. The summed E-state index contributed by atoms with van der Waals surface area (Å²) in [6, 6.07) is 98.3. The SMILES string of the molecule is C[Si](C)(C)C1([Si](C)(C)C)c2cc(N(c3ccc(-c4ccccc4)cc3)c3cccc4c3oc3ccccc34)c3ccccc3c2-c2c1c1ccc(N(c3ccc(-c4ccccc4)cc3)c3cccc4c3oc3ccccc34)cc1c1ccccc21. The first-order valence-electron chi connectivity index (χ1n) is 29.7. The number of nitrogens with zero attached hydrogens (tertiary/aromatic N) is 2. The second kappa shape index (κ2) is 19.2. The zero-order valence-electron chi connectivity index (χ0n) is 48.6. The molecule has 0 spiro atoms. The molecule has 1 aliphatic rings. The summed E-state index contributed by atoms with van der Waals surface area (Å²) in [5.74, 6) is 0. The smallest absolute Gasteiger partial charge is 0.159 e. The van der Waals surface area contributed by atoms with E-state index in [1.807, 2.05) is 0 Å². The van der Waals surface area contributed by atoms with Crippen molar-refractivity contribution in [2.24, 2.45) is 0 Å². The van der Waals surface area contributed by atoms with Gasteiger partial charge in [0.1, 0.15) is 11.2 Å². The second-order valence-electron chi connectivity index (χ2n) is 25.1. The van der Waals surface area contributed by atoms with Crippen molar-refractivity contribution in [2.45, 2.75) is 43.9 Å². The molecule has 16 rings (SSSR count). The molecule has 85 heavy (non-hydrogen) atoms. The number of fused-ring (bicyclic) bond motifs is 16. The van der Waals surface area contributed by atoms with Crippen LogP contribution in [0.15, 0.2) is 276 Å². The third-order valence-electron chi connectivity index (χ3n) is 18.5. The van der Waals surface area contributed by atoms with Gasteiger partial charge in [0.25, 0.3) is 0 Å². The molecular formula is C79H62N2O2Si2. The predicted octanol–water partition coefficient (Wildman–Crippen LogP) is 23.2. The molecule has 0 saturated carbocycles. The third-order valence-corrected chi connectivity index (χ3v) is 28.6. The van der Waals surface area contributed by atoms with Gasteiger partial charge in [0.2, 0.25) is 0 Å². The van der Waals surface area contributed by atoms with E-state index >= 15 is 0 Å². The van der Waals surface area contributed by atoms with Gasteiger partial charge in [-0.05, 0) is 138 Å². The Labute approximate surface area is 497 Å². The van der Waals surface area contributed by atoms with Crippen LogP contribution in [0.1, 0.15) is 11.1 Å². The Hall–Kier alpha value is -9.73. The van der Waals surface area contributed by atoms with Gasteiger partial charge in [0, 0.05) is 48.7 Å². The molecule has 2 aromatic heterocycles. The lowest BCUT2D eigenvalue weighted by Crippen LogP contribution is -2.63. The molecule has 0 N–H and O–H groups in total. The number of rotatable bonds is 10. The number of furan rings is 2. The monoisotopic (exact) mass is 1130 g/mol. The van der Waals surface area contributed by atoms with E-state index in [2.05, 4.69) is 316 Å². The zero-order chi connectivity index (χ0) is 57.3. The molecule has 15 aromatic rings. The molecule has 0 unspecified atom stereocenters. The van der Waals surface area contributed by atoms with Crippen LogP contribution in [0.4, 0.5) is 34.1 Å². The van der Waals surface area contributed by atoms with Crippen LogP contribution in [0.3, 0.4) is 0 Å². The molecule has 6 heteroatoms. The van der Waals surface area contributed by atoms with Crippen molar-refractivity contribution in [2.75, 3.05) is 9.80 Å². The van der Waals surface area contributed by atoms with Crippen LogP contribution >= 0.6 is 0 Å². The average Bonchev–Trinajstić information content (AvgIpc) is 1.53. The molecule has 1 aliphatic carbocycles. The van der Waals surface area contributed by atoms with E-state index in [9.17, 15) is 0 Å². The summed E-state index contributed by atoms with van der Waals surface area (Å²) in [4.78, 5) is 4.93. The summed E-state index contributed by atoms with van der Waals surface area (Å²) >= 11 is 0. The summed E-state index contributed by atoms with van der Waals surface area (Å²) in [6.07, 6.45) is 0. The standard InChI is InChI=1S/C79H62N2O2Si2/c1-84(2,3)79(85(4,5)6)68-50-71(81(56-45-41-54(42-46-56)52-25-11-8-12-26-52)70-36-22-34-66-61-30-18-20-38-73(61)83-78(66)70)59-28-14-16-32-63(59)74(68)75-62-31-15-13-27-58(62)67-49-57(47-48-64(67)76(75)79)80(55-43-39-53(40-44-55)51-23-9-7-10-24-51)69-35-21-33-65-60-29-17-19-37-72(60)82-77(65)69/h7-50H,1-6H3. The van der Waals surface area contributed by atoms with Gasteiger partial charge in [0.15, 0.2) is 11.2 Å².